The monoisotopic (exact) mass is 477 g/mol. The van der Waals surface area contributed by atoms with Crippen molar-refractivity contribution in [3.8, 4) is 17.2 Å². The predicted molar refractivity (Wildman–Crippen MR) is 133 cm³/mol. The van der Waals surface area contributed by atoms with Gasteiger partial charge in [-0.3, -0.25) is 9.78 Å². The van der Waals surface area contributed by atoms with Crippen LogP contribution in [0.1, 0.15) is 24.0 Å². The number of carbonyl (C=O) groups is 1. The van der Waals surface area contributed by atoms with E-state index >= 15 is 0 Å². The van der Waals surface area contributed by atoms with Crippen LogP contribution in [0, 0.1) is 17.2 Å². The molecule has 2 heterocycles. The lowest BCUT2D eigenvalue weighted by Crippen LogP contribution is -2.52. The lowest BCUT2D eigenvalue weighted by Gasteiger charge is -2.37. The summed E-state index contributed by atoms with van der Waals surface area (Å²) in [6.45, 7) is 0. The number of aliphatic hydroxyl groups is 1. The quantitative estimate of drug-likeness (QED) is 0.501. The maximum Gasteiger partial charge on any atom is 0.256 e. The highest BCUT2D eigenvalue weighted by molar-refractivity contribution is 7.99. The van der Waals surface area contributed by atoms with Gasteiger partial charge in [-0.15, -0.1) is 0 Å². The number of nitriles is 1. The number of nitrogens with zero attached hydrogens (tertiary/aromatic N) is 2. The molecule has 3 aromatic rings. The van der Waals surface area contributed by atoms with Crippen molar-refractivity contribution in [1.29, 1.82) is 5.26 Å². The average Bonchev–Trinajstić information content (AvgIpc) is 2.85. The van der Waals surface area contributed by atoms with Crippen LogP contribution in [0.4, 0.5) is 5.69 Å². The molecular formula is C26H24ClN3O2S. The minimum atomic E-state index is -1.56. The van der Waals surface area contributed by atoms with Gasteiger partial charge in [-0.1, -0.05) is 41.9 Å². The van der Waals surface area contributed by atoms with E-state index in [0.717, 1.165) is 41.0 Å². The van der Waals surface area contributed by atoms with E-state index in [1.54, 1.807) is 24.5 Å². The van der Waals surface area contributed by atoms with Crippen molar-refractivity contribution in [2.24, 2.45) is 5.92 Å². The highest BCUT2D eigenvalue weighted by Crippen LogP contribution is 2.36. The molecule has 2 aromatic carbocycles. The van der Waals surface area contributed by atoms with Crippen LogP contribution in [0.2, 0.25) is 5.02 Å². The fraction of sp³-hybridized carbons (Fsp3) is 0.269. The summed E-state index contributed by atoms with van der Waals surface area (Å²) in [6, 6.07) is 18.5. The molecule has 0 bridgehead atoms. The van der Waals surface area contributed by atoms with E-state index in [1.807, 2.05) is 54.2 Å². The molecule has 5 nitrogen and oxygen atoms in total. The second kappa shape index (κ2) is 10.4. The number of halogens is 1. The van der Waals surface area contributed by atoms with Crippen LogP contribution >= 0.6 is 23.4 Å². The summed E-state index contributed by atoms with van der Waals surface area (Å²) in [7, 11) is 0. The molecule has 168 valence electrons. The Kier molecular flexibility index (Phi) is 7.34. The number of anilines is 1. The molecule has 33 heavy (non-hydrogen) atoms. The van der Waals surface area contributed by atoms with Gasteiger partial charge in [0.05, 0.1) is 10.6 Å². The summed E-state index contributed by atoms with van der Waals surface area (Å²) < 4.78 is 0. The fourth-order valence-corrected chi connectivity index (χ4v) is 5.50. The fourth-order valence-electron chi connectivity index (χ4n) is 4.17. The van der Waals surface area contributed by atoms with Crippen LogP contribution in [0.15, 0.2) is 67.0 Å². The van der Waals surface area contributed by atoms with Gasteiger partial charge in [0.1, 0.15) is 11.7 Å². The summed E-state index contributed by atoms with van der Waals surface area (Å²) in [5.74, 6) is 1.24. The van der Waals surface area contributed by atoms with Crippen LogP contribution in [-0.4, -0.2) is 33.1 Å². The number of aromatic nitrogens is 1. The molecule has 2 N–H and O–H groups in total. The Morgan fingerprint density at radius 3 is 2.58 bits per heavy atom. The molecule has 1 atom stereocenters. The summed E-state index contributed by atoms with van der Waals surface area (Å²) in [4.78, 5) is 17.6. The Morgan fingerprint density at radius 2 is 1.94 bits per heavy atom. The second-order valence-electron chi connectivity index (χ2n) is 8.19. The number of thioether (sulfide) groups is 1. The molecule has 1 aliphatic heterocycles. The average molecular weight is 478 g/mol. The highest BCUT2D eigenvalue weighted by atomic mass is 35.5. The van der Waals surface area contributed by atoms with Crippen LogP contribution in [-0.2, 0) is 11.2 Å². The van der Waals surface area contributed by atoms with E-state index in [9.17, 15) is 9.90 Å². The minimum absolute atomic E-state index is 0.148. The maximum atomic E-state index is 13.4. The SMILES string of the molecule is N#Cc1ccc(NC(=O)C(O)(Cc2ccc(-c3cccnc3)cc2)C2CCSCC2)cc1Cl. The Labute approximate surface area is 202 Å². The maximum absolute atomic E-state index is 13.4. The number of hydrogen-bond acceptors (Lipinski definition) is 5. The van der Waals surface area contributed by atoms with Crippen LogP contribution in [0.3, 0.4) is 0 Å². The van der Waals surface area contributed by atoms with Gasteiger partial charge in [0.15, 0.2) is 0 Å². The number of benzene rings is 2. The lowest BCUT2D eigenvalue weighted by atomic mass is 9.78. The molecule has 7 heteroatoms. The predicted octanol–water partition coefficient (Wildman–Crippen LogP) is 5.33. The van der Waals surface area contributed by atoms with Gasteiger partial charge in [0.25, 0.3) is 5.91 Å². The standard InChI is InChI=1S/C26H24ClN3O2S/c27-24-14-23(8-7-20(24)16-28)30-25(31)26(32,22-9-12-33-13-10-22)15-18-3-5-19(6-4-18)21-2-1-11-29-17-21/h1-8,11,14,17,22,32H,9-10,12-13,15H2,(H,30,31). The molecular weight excluding hydrogens is 454 g/mol. The van der Waals surface area contributed by atoms with E-state index < -0.39 is 11.5 Å². The molecule has 0 saturated carbocycles. The van der Waals surface area contributed by atoms with Gasteiger partial charge in [-0.05, 0) is 71.2 Å². The molecule has 0 radical (unpaired) electrons. The molecule has 1 amide bonds. The van der Waals surface area contributed by atoms with Gasteiger partial charge in [0.2, 0.25) is 0 Å². The van der Waals surface area contributed by atoms with Crippen molar-refractivity contribution in [2.75, 3.05) is 16.8 Å². The minimum Gasteiger partial charge on any atom is -0.379 e. The number of hydrogen-bond donors (Lipinski definition) is 2. The van der Waals surface area contributed by atoms with E-state index in [0.29, 0.717) is 11.3 Å². The molecule has 1 aliphatic rings. The number of carbonyl (C=O) groups excluding carboxylic acids is 1. The Bertz CT molecular complexity index is 1160. The smallest absolute Gasteiger partial charge is 0.256 e. The zero-order valence-electron chi connectivity index (χ0n) is 18.0. The third-order valence-electron chi connectivity index (χ3n) is 6.06. The summed E-state index contributed by atoms with van der Waals surface area (Å²) in [5, 5.41) is 23.9. The van der Waals surface area contributed by atoms with E-state index in [1.165, 1.54) is 6.07 Å². The van der Waals surface area contributed by atoms with Crippen LogP contribution < -0.4 is 5.32 Å². The molecule has 4 rings (SSSR count). The van der Waals surface area contributed by atoms with Crippen molar-refractivity contribution in [3.05, 3.63) is 83.1 Å². The summed E-state index contributed by atoms with van der Waals surface area (Å²) >= 11 is 7.97. The normalized spacial score (nSPS) is 15.9. The van der Waals surface area contributed by atoms with Crippen molar-refractivity contribution >= 4 is 35.0 Å². The van der Waals surface area contributed by atoms with Crippen molar-refractivity contribution in [3.63, 3.8) is 0 Å². The third-order valence-corrected chi connectivity index (χ3v) is 7.42. The van der Waals surface area contributed by atoms with Crippen molar-refractivity contribution in [1.82, 2.24) is 4.98 Å². The summed E-state index contributed by atoms with van der Waals surface area (Å²) in [5.41, 5.74) is 2.16. The van der Waals surface area contributed by atoms with Crippen LogP contribution in [0.25, 0.3) is 11.1 Å². The van der Waals surface area contributed by atoms with E-state index in [4.69, 9.17) is 16.9 Å². The van der Waals surface area contributed by atoms with Gasteiger partial charge >= 0.3 is 0 Å². The first-order chi connectivity index (χ1) is 16.0. The van der Waals surface area contributed by atoms with E-state index in [2.05, 4.69) is 10.3 Å². The molecule has 1 saturated heterocycles. The zero-order valence-corrected chi connectivity index (χ0v) is 19.6. The van der Waals surface area contributed by atoms with Gasteiger partial charge in [-0.2, -0.15) is 17.0 Å². The number of rotatable bonds is 6. The van der Waals surface area contributed by atoms with Crippen molar-refractivity contribution < 1.29 is 9.90 Å². The first-order valence-electron chi connectivity index (χ1n) is 10.8. The molecule has 0 aliphatic carbocycles. The first kappa shape index (κ1) is 23.3. The Balaban J connectivity index is 1.58. The number of amides is 1. The number of nitrogens with one attached hydrogen (secondary N) is 1. The van der Waals surface area contributed by atoms with Crippen LogP contribution in [0.5, 0.6) is 0 Å². The Hall–Kier alpha value is -2.85. The molecule has 1 aromatic heterocycles. The topological polar surface area (TPSA) is 86.0 Å². The third kappa shape index (κ3) is 5.39. The highest BCUT2D eigenvalue weighted by Gasteiger charge is 2.44. The van der Waals surface area contributed by atoms with E-state index in [-0.39, 0.29) is 17.4 Å². The van der Waals surface area contributed by atoms with Crippen molar-refractivity contribution in [2.45, 2.75) is 24.9 Å². The zero-order chi connectivity index (χ0) is 23.3. The largest absolute Gasteiger partial charge is 0.379 e. The number of pyridine rings is 1. The second-order valence-corrected chi connectivity index (χ2v) is 9.82. The molecule has 1 unspecified atom stereocenters. The van der Waals surface area contributed by atoms with Gasteiger partial charge in [0, 0.05) is 24.5 Å². The van der Waals surface area contributed by atoms with Gasteiger partial charge in [-0.25, -0.2) is 0 Å². The first-order valence-corrected chi connectivity index (χ1v) is 12.3. The molecule has 0 spiro atoms. The van der Waals surface area contributed by atoms with Gasteiger partial charge < -0.3 is 10.4 Å². The Morgan fingerprint density at radius 1 is 1.18 bits per heavy atom. The molecule has 1 fully saturated rings. The lowest BCUT2D eigenvalue weighted by molar-refractivity contribution is -0.140. The summed E-state index contributed by atoms with van der Waals surface area (Å²) in [6.07, 6.45) is 5.31.